The minimum atomic E-state index is -1.06. The summed E-state index contributed by atoms with van der Waals surface area (Å²) >= 11 is 0. The van der Waals surface area contributed by atoms with Crippen molar-refractivity contribution >= 4 is 23.7 Å². The molecule has 0 aliphatic heterocycles. The molecule has 8 nitrogen and oxygen atoms in total. The van der Waals surface area contributed by atoms with Crippen LogP contribution in [-0.4, -0.2) is 49.4 Å². The third-order valence-corrected chi connectivity index (χ3v) is 5.83. The summed E-state index contributed by atoms with van der Waals surface area (Å²) in [7, 11) is 0. The third-order valence-electron chi connectivity index (χ3n) is 5.83. The number of carboxylic acids is 1. The van der Waals surface area contributed by atoms with Crippen LogP contribution in [0.1, 0.15) is 33.0 Å². The van der Waals surface area contributed by atoms with Gasteiger partial charge in [0.25, 0.3) is 5.91 Å². The zero-order chi connectivity index (χ0) is 24.8. The smallest absolute Gasteiger partial charge is 0.411 e. The zero-order valence-corrected chi connectivity index (χ0v) is 19.2. The van der Waals surface area contributed by atoms with E-state index < -0.39 is 18.7 Å². The largest absolute Gasteiger partial charge is 0.480 e. The van der Waals surface area contributed by atoms with E-state index in [1.54, 1.807) is 25.1 Å². The molecular formula is C27H26N2O6. The highest BCUT2D eigenvalue weighted by Crippen LogP contribution is 2.44. The molecule has 0 spiro atoms. The number of benzene rings is 3. The van der Waals surface area contributed by atoms with Gasteiger partial charge in [-0.2, -0.15) is 0 Å². The summed E-state index contributed by atoms with van der Waals surface area (Å²) in [5, 5.41) is 13.9. The second kappa shape index (κ2) is 10.8. The molecule has 0 fully saturated rings. The number of rotatable bonds is 9. The highest BCUT2D eigenvalue weighted by Gasteiger charge is 2.29. The predicted octanol–water partition coefficient (Wildman–Crippen LogP) is 4.19. The maximum absolute atomic E-state index is 12.5. The number of hydrogen-bond donors (Lipinski definition) is 3. The summed E-state index contributed by atoms with van der Waals surface area (Å²) in [4.78, 5) is 35.2. The molecule has 3 N–H and O–H groups in total. The summed E-state index contributed by atoms with van der Waals surface area (Å²) < 4.78 is 10.5. The average molecular weight is 475 g/mol. The summed E-state index contributed by atoms with van der Waals surface area (Å²) in [6.45, 7) is 1.86. The minimum Gasteiger partial charge on any atom is -0.480 e. The van der Waals surface area contributed by atoms with Crippen molar-refractivity contribution in [3.8, 4) is 11.1 Å². The van der Waals surface area contributed by atoms with E-state index in [0.717, 1.165) is 22.3 Å². The van der Waals surface area contributed by atoms with E-state index in [1.807, 2.05) is 24.3 Å². The second-order valence-corrected chi connectivity index (χ2v) is 8.18. The van der Waals surface area contributed by atoms with Crippen LogP contribution in [0.2, 0.25) is 0 Å². The molecule has 0 saturated heterocycles. The van der Waals surface area contributed by atoms with Gasteiger partial charge in [-0.05, 0) is 52.9 Å². The van der Waals surface area contributed by atoms with Crippen LogP contribution in [-0.2, 0) is 14.3 Å². The Morgan fingerprint density at radius 1 is 0.943 bits per heavy atom. The first-order valence-electron chi connectivity index (χ1n) is 11.2. The lowest BCUT2D eigenvalue weighted by atomic mass is 9.98. The van der Waals surface area contributed by atoms with E-state index in [4.69, 9.17) is 14.6 Å². The normalized spacial score (nSPS) is 11.9. The maximum atomic E-state index is 12.5. The molecule has 0 atom stereocenters. The van der Waals surface area contributed by atoms with Gasteiger partial charge in [0.2, 0.25) is 0 Å². The number of carbonyl (C=O) groups is 3. The highest BCUT2D eigenvalue weighted by molar-refractivity contribution is 5.95. The van der Waals surface area contributed by atoms with Gasteiger partial charge in [-0.15, -0.1) is 0 Å². The van der Waals surface area contributed by atoms with Crippen molar-refractivity contribution in [1.29, 1.82) is 0 Å². The van der Waals surface area contributed by atoms with Crippen molar-refractivity contribution in [2.75, 3.05) is 31.7 Å². The molecule has 180 valence electrons. The van der Waals surface area contributed by atoms with Gasteiger partial charge < -0.3 is 19.9 Å². The fraction of sp³-hybridized carbons (Fsp3) is 0.222. The van der Waals surface area contributed by atoms with Gasteiger partial charge in [-0.25, -0.2) is 9.59 Å². The van der Waals surface area contributed by atoms with Gasteiger partial charge in [0.05, 0.1) is 6.61 Å². The third kappa shape index (κ3) is 5.67. The number of nitrogens with one attached hydrogen (secondary N) is 2. The van der Waals surface area contributed by atoms with Crippen molar-refractivity contribution < 1.29 is 29.0 Å². The van der Waals surface area contributed by atoms with E-state index >= 15 is 0 Å². The number of carboxylic acid groups (broad SMARTS) is 1. The molecule has 0 aromatic heterocycles. The number of aryl methyl sites for hydroxylation is 1. The van der Waals surface area contributed by atoms with Crippen molar-refractivity contribution in [2.24, 2.45) is 0 Å². The van der Waals surface area contributed by atoms with Crippen LogP contribution in [0.15, 0.2) is 66.7 Å². The van der Waals surface area contributed by atoms with Gasteiger partial charge in [-0.1, -0.05) is 48.5 Å². The Balaban J connectivity index is 1.32. The molecule has 0 radical (unpaired) electrons. The molecule has 3 aromatic rings. The van der Waals surface area contributed by atoms with Gasteiger partial charge in [-0.3, -0.25) is 10.1 Å². The fourth-order valence-electron chi connectivity index (χ4n) is 4.19. The molecule has 1 aliphatic carbocycles. The molecule has 8 heteroatoms. The second-order valence-electron chi connectivity index (χ2n) is 8.18. The van der Waals surface area contributed by atoms with Crippen LogP contribution in [0.5, 0.6) is 0 Å². The quantitative estimate of drug-likeness (QED) is 0.401. The molecule has 4 rings (SSSR count). The van der Waals surface area contributed by atoms with Crippen LogP contribution >= 0.6 is 0 Å². The van der Waals surface area contributed by atoms with E-state index in [2.05, 4.69) is 34.9 Å². The first kappa shape index (κ1) is 24.0. The Morgan fingerprint density at radius 2 is 1.60 bits per heavy atom. The zero-order valence-electron chi connectivity index (χ0n) is 19.2. The lowest BCUT2D eigenvalue weighted by Gasteiger charge is -2.15. The Labute approximate surface area is 202 Å². The highest BCUT2D eigenvalue weighted by atomic mass is 16.5. The summed E-state index contributed by atoms with van der Waals surface area (Å²) in [6, 6.07) is 21.2. The Morgan fingerprint density at radius 3 is 2.23 bits per heavy atom. The number of carbonyl (C=O) groups excluding carboxylic acids is 2. The first-order valence-corrected chi connectivity index (χ1v) is 11.2. The van der Waals surface area contributed by atoms with Crippen molar-refractivity contribution in [2.45, 2.75) is 12.8 Å². The standard InChI is InChI=1S/C27H26N2O6/c1-17-14-18(26(32)28-12-13-34-16-25(30)31)10-11-24(17)29-27(33)35-15-23-21-8-4-2-6-19(21)20-7-3-5-9-22(20)23/h2-11,14,23H,12-13,15-16H2,1H3,(H,28,32)(H,29,33)(H,30,31). The number of amides is 2. The van der Waals surface area contributed by atoms with Crippen molar-refractivity contribution in [3.63, 3.8) is 0 Å². The number of hydrogen-bond acceptors (Lipinski definition) is 5. The Kier molecular flexibility index (Phi) is 7.42. The maximum Gasteiger partial charge on any atom is 0.411 e. The summed E-state index contributed by atoms with van der Waals surface area (Å²) in [5.41, 5.74) is 6.27. The lowest BCUT2D eigenvalue weighted by Crippen LogP contribution is -2.28. The first-order chi connectivity index (χ1) is 16.9. The minimum absolute atomic E-state index is 0.0280. The van der Waals surface area contributed by atoms with Gasteiger partial charge >= 0.3 is 12.1 Å². The van der Waals surface area contributed by atoms with Gasteiger partial charge in [0, 0.05) is 23.7 Å². The lowest BCUT2D eigenvalue weighted by molar-refractivity contribution is -0.142. The molecule has 3 aromatic carbocycles. The van der Waals surface area contributed by atoms with Crippen molar-refractivity contribution in [1.82, 2.24) is 5.32 Å². The molecule has 35 heavy (non-hydrogen) atoms. The Hall–Kier alpha value is -4.17. The molecule has 0 saturated carbocycles. The van der Waals surface area contributed by atoms with Crippen LogP contribution < -0.4 is 10.6 Å². The number of anilines is 1. The molecule has 0 unspecified atom stereocenters. The van der Waals surface area contributed by atoms with E-state index in [0.29, 0.717) is 16.8 Å². The predicted molar refractivity (Wildman–Crippen MR) is 131 cm³/mol. The number of fused-ring (bicyclic) bond motifs is 3. The number of ether oxygens (including phenoxy) is 2. The monoisotopic (exact) mass is 474 g/mol. The van der Waals surface area contributed by atoms with Gasteiger partial charge in [0.15, 0.2) is 0 Å². The van der Waals surface area contributed by atoms with Crippen molar-refractivity contribution in [3.05, 3.63) is 89.0 Å². The topological polar surface area (TPSA) is 114 Å². The van der Waals surface area contributed by atoms with Gasteiger partial charge in [0.1, 0.15) is 13.2 Å². The van der Waals surface area contributed by atoms with Crippen LogP contribution in [0, 0.1) is 6.92 Å². The SMILES string of the molecule is Cc1cc(C(=O)NCCOCC(=O)O)ccc1NC(=O)OCC1c2ccccc2-c2ccccc21. The van der Waals surface area contributed by atoms with E-state index in [9.17, 15) is 14.4 Å². The van der Waals surface area contributed by atoms with Crippen LogP contribution in [0.3, 0.4) is 0 Å². The Bertz CT molecular complexity index is 1210. The van der Waals surface area contributed by atoms with Crippen LogP contribution in [0.25, 0.3) is 11.1 Å². The molecule has 1 aliphatic rings. The molecule has 0 bridgehead atoms. The average Bonchev–Trinajstić information content (AvgIpc) is 3.17. The van der Waals surface area contributed by atoms with E-state index in [-0.39, 0.29) is 31.6 Å². The van der Waals surface area contributed by atoms with E-state index in [1.165, 1.54) is 0 Å². The fourth-order valence-corrected chi connectivity index (χ4v) is 4.19. The summed E-state index contributed by atoms with van der Waals surface area (Å²) in [5.74, 6) is -1.41. The molecule has 0 heterocycles. The van der Waals surface area contributed by atoms with Crippen LogP contribution in [0.4, 0.5) is 10.5 Å². The molecular weight excluding hydrogens is 448 g/mol. The summed E-state index contributed by atoms with van der Waals surface area (Å²) in [6.07, 6.45) is -0.567. The molecule has 2 amide bonds. The number of aliphatic carboxylic acids is 1.